The summed E-state index contributed by atoms with van der Waals surface area (Å²) in [6.45, 7) is 7.35. The number of nitrogens with zero attached hydrogens (tertiary/aromatic N) is 1. The van der Waals surface area contributed by atoms with Crippen molar-refractivity contribution in [3.63, 3.8) is 0 Å². The lowest BCUT2D eigenvalue weighted by Crippen LogP contribution is -2.41. The van der Waals surface area contributed by atoms with Crippen LogP contribution in [0.3, 0.4) is 0 Å². The van der Waals surface area contributed by atoms with Crippen LogP contribution in [-0.2, 0) is 18.9 Å². The highest BCUT2D eigenvalue weighted by molar-refractivity contribution is 8.10. The van der Waals surface area contributed by atoms with Gasteiger partial charge in [0.1, 0.15) is 4.32 Å². The van der Waals surface area contributed by atoms with Crippen LogP contribution >= 0.6 is 24.8 Å². The number of hydrogen-bond donors (Lipinski definition) is 1. The smallest absolute Gasteiger partial charge is 0.175 e. The second kappa shape index (κ2) is 9.06. The van der Waals surface area contributed by atoms with E-state index in [1.165, 1.54) is 0 Å². The van der Waals surface area contributed by atoms with Crippen molar-refractivity contribution in [3.8, 4) is 0 Å². The Morgan fingerprint density at radius 2 is 1.89 bits per heavy atom. The van der Waals surface area contributed by atoms with Crippen LogP contribution in [0.1, 0.15) is 13.8 Å². The number of ether oxygens (including phenoxy) is 4. The summed E-state index contributed by atoms with van der Waals surface area (Å²) in [5.74, 6) is 0. The van der Waals surface area contributed by atoms with Crippen molar-refractivity contribution in [2.75, 3.05) is 39.5 Å². The molecule has 1 fully saturated rings. The first-order chi connectivity index (χ1) is 8.67. The summed E-state index contributed by atoms with van der Waals surface area (Å²) in [6.07, 6.45) is -0.564. The van der Waals surface area contributed by atoms with E-state index in [2.05, 4.69) is 12.6 Å². The van der Waals surface area contributed by atoms with Gasteiger partial charge in [-0.25, -0.2) is 0 Å². The largest absolute Gasteiger partial charge is 0.351 e. The van der Waals surface area contributed by atoms with Crippen LogP contribution in [0.4, 0.5) is 0 Å². The Kier molecular flexibility index (Phi) is 8.12. The standard InChI is InChI=1S/C11H21NO4S2/c1-3-13-9(14-4-2)7-12(11(17)18)8-10-15-5-6-16-10/h9-10H,3-8H2,1-2H3,(H,17,18). The summed E-state index contributed by atoms with van der Waals surface area (Å²) in [4.78, 5) is 1.87. The van der Waals surface area contributed by atoms with Gasteiger partial charge in [-0.15, -0.1) is 12.6 Å². The summed E-state index contributed by atoms with van der Waals surface area (Å²) in [5.41, 5.74) is 0. The number of thiol groups is 1. The van der Waals surface area contributed by atoms with Gasteiger partial charge in [0.15, 0.2) is 12.6 Å². The van der Waals surface area contributed by atoms with Crippen molar-refractivity contribution in [1.29, 1.82) is 0 Å². The molecule has 0 radical (unpaired) electrons. The fourth-order valence-electron chi connectivity index (χ4n) is 1.63. The van der Waals surface area contributed by atoms with Crippen LogP contribution in [0.5, 0.6) is 0 Å². The lowest BCUT2D eigenvalue weighted by molar-refractivity contribution is -0.146. The molecule has 0 aromatic rings. The fraction of sp³-hybridized carbons (Fsp3) is 0.909. The number of thiocarbonyl (C=S) groups is 1. The SMILES string of the molecule is CCOC(CN(CC1OCCO1)C(=S)S)OCC. The highest BCUT2D eigenvalue weighted by Crippen LogP contribution is 2.10. The van der Waals surface area contributed by atoms with Crippen LogP contribution in [0.15, 0.2) is 0 Å². The topological polar surface area (TPSA) is 40.2 Å². The predicted octanol–water partition coefficient (Wildman–Crippen LogP) is 1.28. The molecular formula is C11H21NO4S2. The predicted molar refractivity (Wildman–Crippen MR) is 75.9 cm³/mol. The van der Waals surface area contributed by atoms with Crippen LogP contribution in [0.2, 0.25) is 0 Å². The Hall–Kier alpha value is 0.0800. The molecule has 5 nitrogen and oxygen atoms in total. The minimum absolute atomic E-state index is 0.251. The molecule has 0 bridgehead atoms. The molecule has 1 heterocycles. The van der Waals surface area contributed by atoms with E-state index in [0.29, 0.717) is 43.8 Å². The zero-order chi connectivity index (χ0) is 13.4. The molecule has 1 aliphatic heterocycles. The molecule has 0 unspecified atom stereocenters. The van der Waals surface area contributed by atoms with Gasteiger partial charge < -0.3 is 23.8 Å². The van der Waals surface area contributed by atoms with Gasteiger partial charge in [-0.3, -0.25) is 0 Å². The molecule has 0 aromatic carbocycles. The van der Waals surface area contributed by atoms with Gasteiger partial charge in [0, 0.05) is 13.2 Å². The molecule has 1 saturated heterocycles. The number of hydrogen-bond acceptors (Lipinski definition) is 5. The molecule has 1 rings (SSSR count). The van der Waals surface area contributed by atoms with E-state index in [1.807, 2.05) is 18.7 Å². The first-order valence-electron chi connectivity index (χ1n) is 6.11. The third-order valence-corrected chi connectivity index (χ3v) is 2.95. The molecule has 1 aliphatic rings. The third-order valence-electron chi connectivity index (χ3n) is 2.41. The van der Waals surface area contributed by atoms with Gasteiger partial charge in [-0.1, -0.05) is 12.2 Å². The van der Waals surface area contributed by atoms with E-state index in [4.69, 9.17) is 31.2 Å². The van der Waals surface area contributed by atoms with Crippen molar-refractivity contribution in [1.82, 2.24) is 4.90 Å². The normalized spacial score (nSPS) is 16.4. The lowest BCUT2D eigenvalue weighted by Gasteiger charge is -2.29. The zero-order valence-electron chi connectivity index (χ0n) is 10.8. The quantitative estimate of drug-likeness (QED) is 0.413. The summed E-state index contributed by atoms with van der Waals surface area (Å²) < 4.78 is 22.3. The molecule has 0 spiro atoms. The molecule has 106 valence electrons. The Bertz CT molecular complexity index is 243. The zero-order valence-corrected chi connectivity index (χ0v) is 12.5. The van der Waals surface area contributed by atoms with Crippen LogP contribution < -0.4 is 0 Å². The Morgan fingerprint density at radius 3 is 2.33 bits per heavy atom. The molecule has 18 heavy (non-hydrogen) atoms. The minimum Gasteiger partial charge on any atom is -0.351 e. The molecule has 0 amide bonds. The van der Waals surface area contributed by atoms with Crippen molar-refractivity contribution in [2.45, 2.75) is 26.4 Å². The molecule has 0 N–H and O–H groups in total. The summed E-state index contributed by atoms with van der Waals surface area (Å²) in [7, 11) is 0. The first-order valence-corrected chi connectivity index (χ1v) is 6.97. The van der Waals surface area contributed by atoms with Crippen LogP contribution in [0.25, 0.3) is 0 Å². The summed E-state index contributed by atoms with van der Waals surface area (Å²) in [5, 5.41) is 0. The van der Waals surface area contributed by atoms with Crippen molar-refractivity contribution >= 4 is 29.2 Å². The van der Waals surface area contributed by atoms with E-state index in [9.17, 15) is 0 Å². The van der Waals surface area contributed by atoms with E-state index in [0.717, 1.165) is 0 Å². The van der Waals surface area contributed by atoms with Gasteiger partial charge in [-0.05, 0) is 13.8 Å². The highest BCUT2D eigenvalue weighted by Gasteiger charge is 2.23. The molecular weight excluding hydrogens is 274 g/mol. The van der Waals surface area contributed by atoms with Gasteiger partial charge >= 0.3 is 0 Å². The monoisotopic (exact) mass is 295 g/mol. The average Bonchev–Trinajstić information content (AvgIpc) is 2.81. The molecule has 0 aliphatic carbocycles. The second-order valence-electron chi connectivity index (χ2n) is 3.70. The molecule has 0 aromatic heterocycles. The van der Waals surface area contributed by atoms with E-state index in [-0.39, 0.29) is 12.6 Å². The highest BCUT2D eigenvalue weighted by atomic mass is 32.1. The van der Waals surface area contributed by atoms with Crippen molar-refractivity contribution in [3.05, 3.63) is 0 Å². The van der Waals surface area contributed by atoms with Crippen molar-refractivity contribution in [2.24, 2.45) is 0 Å². The van der Waals surface area contributed by atoms with E-state index >= 15 is 0 Å². The average molecular weight is 295 g/mol. The maximum atomic E-state index is 5.49. The second-order valence-corrected chi connectivity index (χ2v) is 4.81. The maximum absolute atomic E-state index is 5.49. The van der Waals surface area contributed by atoms with Crippen LogP contribution in [0, 0.1) is 0 Å². The Labute approximate surface area is 119 Å². The fourth-order valence-corrected chi connectivity index (χ4v) is 1.94. The maximum Gasteiger partial charge on any atom is 0.175 e. The van der Waals surface area contributed by atoms with Crippen LogP contribution in [-0.4, -0.2) is 61.3 Å². The van der Waals surface area contributed by atoms with Gasteiger partial charge in [0.2, 0.25) is 0 Å². The molecule has 7 heteroatoms. The van der Waals surface area contributed by atoms with E-state index < -0.39 is 0 Å². The molecule has 0 atom stereocenters. The van der Waals surface area contributed by atoms with Gasteiger partial charge in [0.25, 0.3) is 0 Å². The Balaban J connectivity index is 2.45. The Morgan fingerprint density at radius 1 is 1.33 bits per heavy atom. The van der Waals surface area contributed by atoms with Gasteiger partial charge in [-0.2, -0.15) is 0 Å². The summed E-state index contributed by atoms with van der Waals surface area (Å²) in [6, 6.07) is 0. The first kappa shape index (κ1) is 16.1. The van der Waals surface area contributed by atoms with Crippen molar-refractivity contribution < 1.29 is 18.9 Å². The molecule has 0 saturated carbocycles. The minimum atomic E-state index is -0.313. The third kappa shape index (κ3) is 5.81. The number of rotatable bonds is 8. The summed E-state index contributed by atoms with van der Waals surface area (Å²) >= 11 is 9.32. The lowest BCUT2D eigenvalue weighted by atomic mass is 10.4. The van der Waals surface area contributed by atoms with Gasteiger partial charge in [0.05, 0.1) is 26.3 Å². The van der Waals surface area contributed by atoms with E-state index in [1.54, 1.807) is 0 Å².